The summed E-state index contributed by atoms with van der Waals surface area (Å²) in [5.74, 6) is 1.17. The number of carbonyl (C=O) groups excluding carboxylic acids is 2. The Balaban J connectivity index is 1.45. The van der Waals surface area contributed by atoms with E-state index < -0.39 is 11.8 Å². The van der Waals surface area contributed by atoms with Crippen molar-refractivity contribution < 1.29 is 23.5 Å². The van der Waals surface area contributed by atoms with Gasteiger partial charge in [0.1, 0.15) is 16.9 Å². The van der Waals surface area contributed by atoms with Crippen molar-refractivity contribution in [3.8, 4) is 22.7 Å². The molecule has 10 nitrogen and oxygen atoms in total. The Hall–Kier alpha value is -3.73. The fraction of sp³-hybridized carbons (Fsp3) is 0.433. The third-order valence-corrected chi connectivity index (χ3v) is 8.26. The molecule has 4 aromatic rings. The molecule has 0 atom stereocenters. The van der Waals surface area contributed by atoms with Gasteiger partial charge in [-0.2, -0.15) is 5.21 Å². The summed E-state index contributed by atoms with van der Waals surface area (Å²) < 4.78 is 18.0. The number of tetrazole rings is 1. The molecule has 1 aliphatic rings. The lowest BCUT2D eigenvalue weighted by atomic mass is 10.00. The number of amides is 1. The van der Waals surface area contributed by atoms with E-state index in [1.54, 1.807) is 6.92 Å². The van der Waals surface area contributed by atoms with E-state index in [4.69, 9.17) is 13.9 Å². The van der Waals surface area contributed by atoms with Gasteiger partial charge in [0.05, 0.1) is 17.6 Å². The molecule has 0 saturated heterocycles. The molecule has 11 heteroatoms. The highest BCUT2D eigenvalue weighted by molar-refractivity contribution is 9.10. The van der Waals surface area contributed by atoms with Crippen LogP contribution in [0.25, 0.3) is 33.7 Å². The van der Waals surface area contributed by atoms with Gasteiger partial charge in [0.25, 0.3) is 0 Å². The Bertz CT molecular complexity index is 1500. The van der Waals surface area contributed by atoms with Crippen molar-refractivity contribution >= 4 is 39.0 Å². The zero-order valence-electron chi connectivity index (χ0n) is 23.3. The molecule has 0 radical (unpaired) electrons. The van der Waals surface area contributed by atoms with Crippen LogP contribution in [0.5, 0.6) is 0 Å². The number of benzene rings is 2. The average Bonchev–Trinajstić information content (AvgIpc) is 3.73. The average molecular weight is 625 g/mol. The van der Waals surface area contributed by atoms with Crippen molar-refractivity contribution in [1.29, 1.82) is 0 Å². The molecule has 41 heavy (non-hydrogen) atoms. The maximum absolute atomic E-state index is 13.4. The number of nitrogens with one attached hydrogen (secondary N) is 1. The Morgan fingerprint density at radius 1 is 1.12 bits per heavy atom. The number of carbonyl (C=O) groups is 2. The quantitative estimate of drug-likeness (QED) is 0.176. The largest absolute Gasteiger partial charge is 0.508 e. The summed E-state index contributed by atoms with van der Waals surface area (Å²) in [5.41, 5.74) is 2.54. The lowest BCUT2D eigenvalue weighted by molar-refractivity contribution is -0.136. The van der Waals surface area contributed by atoms with E-state index in [-0.39, 0.29) is 12.5 Å². The smallest absolute Gasteiger partial charge is 0.455 e. The van der Waals surface area contributed by atoms with Crippen LogP contribution >= 0.6 is 15.9 Å². The van der Waals surface area contributed by atoms with Crippen LogP contribution in [-0.4, -0.2) is 56.3 Å². The zero-order valence-corrected chi connectivity index (χ0v) is 24.9. The molecule has 5 rings (SSSR count). The van der Waals surface area contributed by atoms with E-state index in [0.29, 0.717) is 49.5 Å². The number of rotatable bonds is 11. The number of aromatic amines is 1. The second-order valence-electron chi connectivity index (χ2n) is 10.4. The van der Waals surface area contributed by atoms with E-state index in [0.717, 1.165) is 52.2 Å². The van der Waals surface area contributed by atoms with Crippen LogP contribution in [0.2, 0.25) is 0 Å². The highest BCUT2D eigenvalue weighted by Gasteiger charge is 2.41. The van der Waals surface area contributed by atoms with Gasteiger partial charge in [0.2, 0.25) is 11.7 Å². The van der Waals surface area contributed by atoms with Crippen LogP contribution in [-0.2, 0) is 20.8 Å². The van der Waals surface area contributed by atoms with E-state index >= 15 is 0 Å². The van der Waals surface area contributed by atoms with Gasteiger partial charge in [-0.25, -0.2) is 4.79 Å². The van der Waals surface area contributed by atoms with Crippen LogP contribution in [0.3, 0.4) is 0 Å². The first-order valence-corrected chi connectivity index (χ1v) is 14.9. The Labute approximate surface area is 246 Å². The summed E-state index contributed by atoms with van der Waals surface area (Å²) in [4.78, 5) is 27.6. The number of fused-ring (bicyclic) bond motifs is 1. The number of aromatic nitrogens is 4. The Morgan fingerprint density at radius 2 is 1.90 bits per heavy atom. The number of nitrogens with zero attached hydrogens (tertiary/aromatic N) is 4. The minimum atomic E-state index is -0.736. The summed E-state index contributed by atoms with van der Waals surface area (Å²) >= 11 is 3.76. The summed E-state index contributed by atoms with van der Waals surface area (Å²) in [6, 6.07) is 13.6. The fourth-order valence-corrected chi connectivity index (χ4v) is 6.07. The molecule has 1 saturated carbocycles. The van der Waals surface area contributed by atoms with Gasteiger partial charge in [-0.3, -0.25) is 4.79 Å². The molecular formula is C30H34BrN5O5. The van der Waals surface area contributed by atoms with E-state index in [9.17, 15) is 9.59 Å². The predicted molar refractivity (Wildman–Crippen MR) is 157 cm³/mol. The molecule has 2 aromatic heterocycles. The van der Waals surface area contributed by atoms with Gasteiger partial charge in [-0.15, -0.1) is 10.2 Å². The maximum atomic E-state index is 13.4. The van der Waals surface area contributed by atoms with E-state index in [2.05, 4.69) is 43.5 Å². The predicted octanol–water partition coefficient (Wildman–Crippen LogP) is 7.05. The topological polar surface area (TPSA) is 123 Å². The third-order valence-electron chi connectivity index (χ3n) is 7.48. The molecule has 0 unspecified atom stereocenters. The van der Waals surface area contributed by atoms with Crippen LogP contribution in [0.1, 0.15) is 64.4 Å². The van der Waals surface area contributed by atoms with Crippen molar-refractivity contribution in [3.05, 3.63) is 52.5 Å². The minimum Gasteiger partial charge on any atom is -0.455 e. The Kier molecular flexibility index (Phi) is 9.02. The first-order valence-electron chi connectivity index (χ1n) is 14.1. The van der Waals surface area contributed by atoms with Crippen molar-refractivity contribution in [3.63, 3.8) is 0 Å². The lowest BCUT2D eigenvalue weighted by Gasteiger charge is -2.35. The van der Waals surface area contributed by atoms with Crippen molar-refractivity contribution in [2.45, 2.75) is 70.9 Å². The summed E-state index contributed by atoms with van der Waals surface area (Å²) in [7, 11) is 0. The number of furan rings is 1. The second kappa shape index (κ2) is 12.8. The second-order valence-corrected chi connectivity index (χ2v) is 11.2. The monoisotopic (exact) mass is 623 g/mol. The molecule has 1 fully saturated rings. The number of ether oxygens (including phenoxy) is 2. The Morgan fingerprint density at radius 3 is 2.61 bits per heavy atom. The van der Waals surface area contributed by atoms with Crippen molar-refractivity contribution in [1.82, 2.24) is 25.5 Å². The number of unbranched alkanes of at least 4 members (excludes halogenated alkanes) is 1. The normalized spacial score (nSPS) is 14.3. The molecule has 2 aromatic carbocycles. The molecule has 1 N–H and O–H groups in total. The molecule has 216 valence electrons. The first-order chi connectivity index (χ1) is 19.9. The van der Waals surface area contributed by atoms with E-state index in [1.165, 1.54) is 0 Å². The van der Waals surface area contributed by atoms with Crippen molar-refractivity contribution in [2.75, 3.05) is 13.2 Å². The lowest BCUT2D eigenvalue weighted by Crippen LogP contribution is -2.46. The van der Waals surface area contributed by atoms with Gasteiger partial charge in [-0.1, -0.05) is 43.7 Å². The number of hydrogen-bond donors (Lipinski definition) is 1. The molecule has 0 aliphatic heterocycles. The molecule has 0 bridgehead atoms. The van der Waals surface area contributed by atoms with Crippen molar-refractivity contribution in [2.24, 2.45) is 0 Å². The number of H-pyrrole nitrogens is 1. The molecule has 2 heterocycles. The zero-order chi connectivity index (χ0) is 28.8. The molecule has 1 aliphatic carbocycles. The molecule has 1 amide bonds. The molecule has 0 spiro atoms. The van der Waals surface area contributed by atoms with Crippen LogP contribution in [0.15, 0.2) is 51.4 Å². The van der Waals surface area contributed by atoms with Crippen LogP contribution < -0.4 is 0 Å². The maximum Gasteiger partial charge on any atom is 0.508 e. The van der Waals surface area contributed by atoms with E-state index in [1.807, 2.05) is 47.4 Å². The van der Waals surface area contributed by atoms with Gasteiger partial charge in [0, 0.05) is 29.5 Å². The first kappa shape index (κ1) is 28.8. The summed E-state index contributed by atoms with van der Waals surface area (Å²) in [5, 5.41) is 15.4. The standard InChI is InChI=1S/C30H34BrN5O5/c1-3-5-12-25(37)36(19-30(15-8-9-16-30)41-29(38)39-4-2)18-20-13-14-24-23(17-20)26(31)27(40-24)21-10-6-7-11-22(21)28-32-34-35-33-28/h6-7,10-11,13-14,17H,3-5,8-9,12,15-16,18-19H2,1-2H3,(H,32,33,34,35). The minimum absolute atomic E-state index is 0.0478. The fourth-order valence-electron chi connectivity index (χ4n) is 5.46. The van der Waals surface area contributed by atoms with Crippen LogP contribution in [0, 0.1) is 0 Å². The summed E-state index contributed by atoms with van der Waals surface area (Å²) in [6.45, 7) is 4.79. The van der Waals surface area contributed by atoms with Crippen LogP contribution in [0.4, 0.5) is 4.79 Å². The number of halogens is 1. The number of hydrogen-bond acceptors (Lipinski definition) is 8. The highest BCUT2D eigenvalue weighted by atomic mass is 79.9. The third kappa shape index (κ3) is 6.45. The SMILES string of the molecule is CCCCC(=O)N(Cc1ccc2oc(-c3ccccc3-c3nn[nH]n3)c(Br)c2c1)CC1(OC(=O)OCC)CCCC1. The van der Waals surface area contributed by atoms with Gasteiger partial charge in [0.15, 0.2) is 0 Å². The highest BCUT2D eigenvalue weighted by Crippen LogP contribution is 2.41. The molecular weight excluding hydrogens is 590 g/mol. The van der Waals surface area contributed by atoms with Gasteiger partial charge in [-0.05, 0) is 77.9 Å². The van der Waals surface area contributed by atoms with Gasteiger partial charge >= 0.3 is 6.16 Å². The van der Waals surface area contributed by atoms with Gasteiger partial charge < -0.3 is 18.8 Å². The summed E-state index contributed by atoms with van der Waals surface area (Å²) in [6.07, 6.45) is 4.80.